The van der Waals surface area contributed by atoms with Gasteiger partial charge in [0.2, 0.25) is 0 Å². The van der Waals surface area contributed by atoms with Gasteiger partial charge < -0.3 is 4.57 Å². The van der Waals surface area contributed by atoms with Gasteiger partial charge in [0.15, 0.2) is 12.9 Å². The molecule has 0 amide bonds. The van der Waals surface area contributed by atoms with Crippen LogP contribution in [0.3, 0.4) is 0 Å². The van der Waals surface area contributed by atoms with Gasteiger partial charge in [0.25, 0.3) is 0 Å². The Morgan fingerprint density at radius 2 is 1.21 bits per heavy atom. The number of Topliss-reactive ketones (excluding diaryl/α,β-unsaturated/α-hetero) is 1. The van der Waals surface area contributed by atoms with Gasteiger partial charge in [0.05, 0.1) is 6.16 Å². The minimum atomic E-state index is -3.04. The zero-order valence-corrected chi connectivity index (χ0v) is 14.6. The topological polar surface area (TPSA) is 34.1 Å². The van der Waals surface area contributed by atoms with Crippen molar-refractivity contribution in [1.29, 1.82) is 0 Å². The lowest BCUT2D eigenvalue weighted by Crippen LogP contribution is -2.22. The Labute approximate surface area is 146 Å². The predicted octanol–water partition coefficient (Wildman–Crippen LogP) is 4.54. The zero-order chi connectivity index (χ0) is 17.0. The summed E-state index contributed by atoms with van der Waals surface area (Å²) < 4.78 is 13.8. The molecule has 0 radical (unpaired) electrons. The van der Waals surface area contributed by atoms with Crippen LogP contribution in [-0.2, 0) is 4.57 Å². The summed E-state index contributed by atoms with van der Waals surface area (Å²) in [6.07, 6.45) is -0.0390. The smallest absolute Gasteiger partial charge is 0.170 e. The summed E-state index contributed by atoms with van der Waals surface area (Å²) in [6.45, 7) is 0. The molecule has 0 aromatic heterocycles. The lowest BCUT2D eigenvalue weighted by molar-refractivity contribution is 0.102. The van der Waals surface area contributed by atoms with E-state index in [4.69, 9.17) is 11.6 Å². The molecule has 0 heterocycles. The van der Waals surface area contributed by atoms with Crippen molar-refractivity contribution in [1.82, 2.24) is 0 Å². The highest BCUT2D eigenvalue weighted by Gasteiger charge is 2.30. The minimum absolute atomic E-state index is 0.0390. The Hall–Kier alpha value is -2.15. The fraction of sp³-hybridized carbons (Fsp3) is 0.0500. The number of hydrogen-bond donors (Lipinski definition) is 0. The van der Waals surface area contributed by atoms with Crippen LogP contribution < -0.4 is 10.6 Å². The number of carbonyl (C=O) groups is 1. The molecule has 2 nitrogen and oxygen atoms in total. The van der Waals surface area contributed by atoms with Crippen LogP contribution >= 0.6 is 18.7 Å². The van der Waals surface area contributed by atoms with Crippen molar-refractivity contribution in [3.8, 4) is 0 Å². The molecule has 24 heavy (non-hydrogen) atoms. The summed E-state index contributed by atoms with van der Waals surface area (Å²) in [7, 11) is -3.04. The highest BCUT2D eigenvalue weighted by molar-refractivity contribution is 7.79. The van der Waals surface area contributed by atoms with Gasteiger partial charge in [-0.05, 0) is 24.3 Å². The Balaban J connectivity index is 2.02. The normalized spacial score (nSPS) is 11.2. The Morgan fingerprint density at radius 3 is 1.67 bits per heavy atom. The number of rotatable bonds is 5. The monoisotopic (exact) mass is 354 g/mol. The Kier molecular flexibility index (Phi) is 4.99. The van der Waals surface area contributed by atoms with Crippen LogP contribution in [0.4, 0.5) is 0 Å². The maximum absolute atomic E-state index is 13.8. The summed E-state index contributed by atoms with van der Waals surface area (Å²) in [5.74, 6) is -0.150. The summed E-state index contributed by atoms with van der Waals surface area (Å²) >= 11 is 5.88. The van der Waals surface area contributed by atoms with E-state index < -0.39 is 7.14 Å². The molecule has 0 aliphatic carbocycles. The minimum Gasteiger partial charge on any atom is -0.313 e. The van der Waals surface area contributed by atoms with Crippen LogP contribution in [0.1, 0.15) is 10.4 Å². The summed E-state index contributed by atoms with van der Waals surface area (Å²) in [6, 6.07) is 25.1. The van der Waals surface area contributed by atoms with E-state index in [0.29, 0.717) is 21.2 Å². The molecule has 3 aromatic carbocycles. The van der Waals surface area contributed by atoms with Crippen LogP contribution in [0.2, 0.25) is 5.02 Å². The van der Waals surface area contributed by atoms with E-state index in [9.17, 15) is 9.36 Å². The molecule has 0 atom stereocenters. The first-order chi connectivity index (χ1) is 11.6. The number of hydrogen-bond acceptors (Lipinski definition) is 2. The average Bonchev–Trinajstić information content (AvgIpc) is 2.63. The first kappa shape index (κ1) is 16.7. The van der Waals surface area contributed by atoms with Crippen molar-refractivity contribution in [3.05, 3.63) is 95.5 Å². The van der Waals surface area contributed by atoms with Gasteiger partial charge in [-0.25, -0.2) is 0 Å². The van der Waals surface area contributed by atoms with Gasteiger partial charge in [-0.2, -0.15) is 0 Å². The number of halogens is 1. The molecule has 3 aromatic rings. The molecule has 3 rings (SSSR count). The highest BCUT2D eigenvalue weighted by Crippen LogP contribution is 2.43. The Bertz CT molecular complexity index is 831. The van der Waals surface area contributed by atoms with Gasteiger partial charge in [-0.1, -0.05) is 72.3 Å². The van der Waals surface area contributed by atoms with E-state index in [1.54, 1.807) is 24.3 Å². The van der Waals surface area contributed by atoms with Crippen molar-refractivity contribution in [2.45, 2.75) is 0 Å². The van der Waals surface area contributed by atoms with Crippen molar-refractivity contribution in [2.24, 2.45) is 0 Å². The zero-order valence-electron chi connectivity index (χ0n) is 12.9. The number of benzene rings is 3. The van der Waals surface area contributed by atoms with Crippen LogP contribution in [0.25, 0.3) is 0 Å². The van der Waals surface area contributed by atoms with Crippen LogP contribution in [-0.4, -0.2) is 11.9 Å². The molecule has 0 aliphatic heterocycles. The molecule has 0 fully saturated rings. The summed E-state index contributed by atoms with van der Waals surface area (Å²) in [4.78, 5) is 12.7. The van der Waals surface area contributed by atoms with Gasteiger partial charge in [-0.15, -0.1) is 0 Å². The van der Waals surface area contributed by atoms with Crippen molar-refractivity contribution >= 4 is 35.1 Å². The third kappa shape index (κ3) is 3.51. The van der Waals surface area contributed by atoms with E-state index in [2.05, 4.69) is 0 Å². The van der Waals surface area contributed by atoms with E-state index in [-0.39, 0.29) is 11.9 Å². The van der Waals surface area contributed by atoms with Crippen molar-refractivity contribution in [2.75, 3.05) is 6.16 Å². The van der Waals surface area contributed by atoms with Crippen molar-refractivity contribution in [3.63, 3.8) is 0 Å². The standard InChI is InChI=1S/C20H16ClO2P/c21-17-13-11-16(12-14-17)20(22)15-24(23,18-7-3-1-4-8-18)19-9-5-2-6-10-19/h1-14H,15H2. The quantitative estimate of drug-likeness (QED) is 0.498. The highest BCUT2D eigenvalue weighted by atomic mass is 35.5. The lowest BCUT2D eigenvalue weighted by atomic mass is 10.1. The first-order valence-corrected chi connectivity index (χ1v) is 9.86. The predicted molar refractivity (Wildman–Crippen MR) is 100 cm³/mol. The molecule has 0 saturated heterocycles. The third-order valence-electron chi connectivity index (χ3n) is 3.88. The SMILES string of the molecule is O=C(CP(=O)(c1ccccc1)c1ccccc1)c1ccc(Cl)cc1. The summed E-state index contributed by atoms with van der Waals surface area (Å²) in [5, 5.41) is 1.96. The molecule has 0 bridgehead atoms. The number of carbonyl (C=O) groups excluding carboxylic acids is 1. The molecule has 0 spiro atoms. The largest absolute Gasteiger partial charge is 0.313 e. The van der Waals surface area contributed by atoms with Gasteiger partial charge in [0, 0.05) is 21.2 Å². The van der Waals surface area contributed by atoms with E-state index in [0.717, 1.165) is 0 Å². The van der Waals surface area contributed by atoms with Gasteiger partial charge in [0.1, 0.15) is 0 Å². The summed E-state index contributed by atoms with van der Waals surface area (Å²) in [5.41, 5.74) is 0.520. The maximum Gasteiger partial charge on any atom is 0.170 e. The van der Waals surface area contributed by atoms with Crippen LogP contribution in [0.5, 0.6) is 0 Å². The maximum atomic E-state index is 13.8. The second-order valence-electron chi connectivity index (χ2n) is 5.50. The third-order valence-corrected chi connectivity index (χ3v) is 7.13. The fourth-order valence-electron chi connectivity index (χ4n) is 2.60. The van der Waals surface area contributed by atoms with Crippen molar-refractivity contribution < 1.29 is 9.36 Å². The molecule has 0 N–H and O–H groups in total. The van der Waals surface area contributed by atoms with E-state index in [1.165, 1.54) is 0 Å². The molecule has 0 aliphatic rings. The van der Waals surface area contributed by atoms with Gasteiger partial charge in [-0.3, -0.25) is 4.79 Å². The number of ketones is 1. The molecular formula is C20H16ClO2P. The molecule has 0 saturated carbocycles. The van der Waals surface area contributed by atoms with E-state index >= 15 is 0 Å². The average molecular weight is 355 g/mol. The van der Waals surface area contributed by atoms with E-state index in [1.807, 2.05) is 60.7 Å². The second kappa shape index (κ2) is 7.17. The lowest BCUT2D eigenvalue weighted by Gasteiger charge is -2.18. The van der Waals surface area contributed by atoms with Gasteiger partial charge >= 0.3 is 0 Å². The fourth-order valence-corrected chi connectivity index (χ4v) is 5.28. The molecule has 4 heteroatoms. The second-order valence-corrected chi connectivity index (χ2v) is 8.76. The van der Waals surface area contributed by atoms with Crippen LogP contribution in [0, 0.1) is 0 Å². The molecule has 0 unspecified atom stereocenters. The van der Waals surface area contributed by atoms with Crippen LogP contribution in [0.15, 0.2) is 84.9 Å². The molecular weight excluding hydrogens is 339 g/mol. The first-order valence-electron chi connectivity index (χ1n) is 7.59. The Morgan fingerprint density at radius 1 is 0.750 bits per heavy atom. The molecule has 120 valence electrons.